The van der Waals surface area contributed by atoms with Gasteiger partial charge in [0.2, 0.25) is 0 Å². The lowest BCUT2D eigenvalue weighted by Gasteiger charge is -2.20. The predicted molar refractivity (Wildman–Crippen MR) is 132 cm³/mol. The van der Waals surface area contributed by atoms with Crippen molar-refractivity contribution in [2.45, 2.75) is 32.4 Å². The zero-order chi connectivity index (χ0) is 23.0. The highest BCUT2D eigenvalue weighted by Crippen LogP contribution is 2.27. The van der Waals surface area contributed by atoms with Crippen LogP contribution < -0.4 is 20.3 Å². The molecule has 4 rings (SSSR count). The Morgan fingerprint density at radius 3 is 2.67 bits per heavy atom. The summed E-state index contributed by atoms with van der Waals surface area (Å²) in [5, 5.41) is 15.3. The molecule has 1 aliphatic heterocycles. The summed E-state index contributed by atoms with van der Waals surface area (Å²) in [5.41, 5.74) is 2.48. The zero-order valence-corrected chi connectivity index (χ0v) is 19.7. The van der Waals surface area contributed by atoms with E-state index in [1.54, 1.807) is 0 Å². The van der Waals surface area contributed by atoms with Crippen LogP contribution in [0.2, 0.25) is 0 Å². The molecule has 174 valence electrons. The van der Waals surface area contributed by atoms with Gasteiger partial charge in [0, 0.05) is 39.3 Å². The van der Waals surface area contributed by atoms with Gasteiger partial charge in [0.05, 0.1) is 6.54 Å². The van der Waals surface area contributed by atoms with Crippen molar-refractivity contribution in [1.29, 1.82) is 0 Å². The fraction of sp³-hybridized carbons (Fsp3) is 0.400. The molecule has 0 radical (unpaired) electrons. The number of aliphatic imine (C=N–C) groups is 1. The van der Waals surface area contributed by atoms with Crippen LogP contribution in [-0.2, 0) is 20.0 Å². The minimum atomic E-state index is 0.0932. The number of nitrogens with one attached hydrogen (secondary N) is 2. The number of aryl methyl sites for hydroxylation is 1. The number of fused-ring (bicyclic) bond motifs is 1. The molecule has 1 aromatic heterocycles. The van der Waals surface area contributed by atoms with Gasteiger partial charge in [0.25, 0.3) is 0 Å². The molecule has 8 heteroatoms. The third-order valence-corrected chi connectivity index (χ3v) is 5.93. The normalized spacial score (nSPS) is 15.1. The van der Waals surface area contributed by atoms with E-state index in [4.69, 9.17) is 9.73 Å². The number of hydrogen-bond acceptors (Lipinski definition) is 5. The summed E-state index contributed by atoms with van der Waals surface area (Å²) in [7, 11) is 4.08. The van der Waals surface area contributed by atoms with Crippen LogP contribution in [0.1, 0.15) is 23.6 Å². The van der Waals surface area contributed by atoms with Gasteiger partial charge in [0.15, 0.2) is 11.8 Å². The molecule has 8 nitrogen and oxygen atoms in total. The van der Waals surface area contributed by atoms with E-state index in [1.807, 2.05) is 36.7 Å². The number of aromatic nitrogens is 3. The number of ether oxygens (including phenoxy) is 1. The SMILES string of the molecule is Cc1nnc(CN=C(NCCCN(C)c2ccccc2)NCC2Cc3ccccc3O2)n1C. The summed E-state index contributed by atoms with van der Waals surface area (Å²) < 4.78 is 8.04. The second-order valence-electron chi connectivity index (χ2n) is 8.36. The van der Waals surface area contributed by atoms with Gasteiger partial charge < -0.3 is 24.8 Å². The molecule has 33 heavy (non-hydrogen) atoms. The molecule has 0 spiro atoms. The highest BCUT2D eigenvalue weighted by Gasteiger charge is 2.22. The van der Waals surface area contributed by atoms with Gasteiger partial charge in [-0.3, -0.25) is 0 Å². The first-order chi connectivity index (χ1) is 16.1. The molecular formula is C25H33N7O. The lowest BCUT2D eigenvalue weighted by atomic mass is 10.1. The van der Waals surface area contributed by atoms with Crippen LogP contribution in [0.15, 0.2) is 59.6 Å². The summed E-state index contributed by atoms with van der Waals surface area (Å²) >= 11 is 0. The van der Waals surface area contributed by atoms with Crippen LogP contribution in [0.5, 0.6) is 5.75 Å². The van der Waals surface area contributed by atoms with E-state index in [2.05, 4.69) is 69.2 Å². The Bertz CT molecular complexity index is 1040. The molecule has 0 saturated carbocycles. The van der Waals surface area contributed by atoms with Crippen LogP contribution >= 0.6 is 0 Å². The maximum Gasteiger partial charge on any atom is 0.191 e. The van der Waals surface area contributed by atoms with Crippen molar-refractivity contribution in [3.63, 3.8) is 0 Å². The van der Waals surface area contributed by atoms with E-state index in [0.29, 0.717) is 13.1 Å². The van der Waals surface area contributed by atoms with Crippen molar-refractivity contribution in [2.75, 3.05) is 31.6 Å². The van der Waals surface area contributed by atoms with Crippen LogP contribution in [0, 0.1) is 6.92 Å². The topological polar surface area (TPSA) is 79.6 Å². The largest absolute Gasteiger partial charge is 0.488 e. The third-order valence-electron chi connectivity index (χ3n) is 5.93. The van der Waals surface area contributed by atoms with E-state index in [9.17, 15) is 0 Å². The maximum atomic E-state index is 6.07. The van der Waals surface area contributed by atoms with Gasteiger partial charge in [-0.25, -0.2) is 4.99 Å². The Hall–Kier alpha value is -3.55. The van der Waals surface area contributed by atoms with Gasteiger partial charge in [-0.1, -0.05) is 36.4 Å². The molecule has 1 atom stereocenters. The number of anilines is 1. The van der Waals surface area contributed by atoms with Gasteiger partial charge in [-0.15, -0.1) is 10.2 Å². The first-order valence-corrected chi connectivity index (χ1v) is 11.5. The van der Waals surface area contributed by atoms with E-state index in [1.165, 1.54) is 11.3 Å². The quantitative estimate of drug-likeness (QED) is 0.298. The van der Waals surface area contributed by atoms with Crippen molar-refractivity contribution < 1.29 is 4.74 Å². The molecule has 0 amide bonds. The molecule has 2 heterocycles. The monoisotopic (exact) mass is 447 g/mol. The first-order valence-electron chi connectivity index (χ1n) is 11.5. The predicted octanol–water partition coefficient (Wildman–Crippen LogP) is 2.69. The molecule has 0 bridgehead atoms. The molecule has 1 aliphatic rings. The number of para-hydroxylation sites is 2. The second kappa shape index (κ2) is 10.8. The van der Waals surface area contributed by atoms with Gasteiger partial charge in [-0.05, 0) is 37.1 Å². The lowest BCUT2D eigenvalue weighted by Crippen LogP contribution is -2.43. The minimum Gasteiger partial charge on any atom is -0.488 e. The van der Waals surface area contributed by atoms with Gasteiger partial charge in [-0.2, -0.15) is 0 Å². The highest BCUT2D eigenvalue weighted by atomic mass is 16.5. The standard InChI is InChI=1S/C25H33N7O/c1-19-29-30-24(32(19)3)18-28-25(26-14-9-15-31(2)21-11-5-4-6-12-21)27-17-22-16-20-10-7-8-13-23(20)33-22/h4-8,10-13,22H,9,14-18H2,1-3H3,(H2,26,27,28). The Labute approximate surface area is 195 Å². The Morgan fingerprint density at radius 2 is 1.91 bits per heavy atom. The lowest BCUT2D eigenvalue weighted by molar-refractivity contribution is 0.235. The average molecular weight is 448 g/mol. The number of rotatable bonds is 9. The first kappa shape index (κ1) is 22.6. The molecule has 3 aromatic rings. The van der Waals surface area contributed by atoms with E-state index < -0.39 is 0 Å². The van der Waals surface area contributed by atoms with Gasteiger partial charge in [0.1, 0.15) is 24.2 Å². The minimum absolute atomic E-state index is 0.0932. The van der Waals surface area contributed by atoms with E-state index in [0.717, 1.165) is 49.3 Å². The van der Waals surface area contributed by atoms with Crippen LogP contribution in [-0.4, -0.2) is 53.5 Å². The molecule has 0 fully saturated rings. The Balaban J connectivity index is 1.31. The molecule has 0 saturated heterocycles. The molecule has 2 aromatic carbocycles. The average Bonchev–Trinajstić information content (AvgIpc) is 3.41. The summed E-state index contributed by atoms with van der Waals surface area (Å²) in [6.45, 7) is 4.85. The van der Waals surface area contributed by atoms with Crippen molar-refractivity contribution in [3.8, 4) is 5.75 Å². The van der Waals surface area contributed by atoms with Crippen molar-refractivity contribution >= 4 is 11.6 Å². The van der Waals surface area contributed by atoms with Crippen molar-refractivity contribution in [2.24, 2.45) is 12.0 Å². The van der Waals surface area contributed by atoms with Crippen LogP contribution in [0.4, 0.5) is 5.69 Å². The maximum absolute atomic E-state index is 6.07. The molecule has 0 aliphatic carbocycles. The molecular weight excluding hydrogens is 414 g/mol. The van der Waals surface area contributed by atoms with Crippen LogP contribution in [0.3, 0.4) is 0 Å². The highest BCUT2D eigenvalue weighted by molar-refractivity contribution is 5.79. The zero-order valence-electron chi connectivity index (χ0n) is 19.7. The van der Waals surface area contributed by atoms with E-state index >= 15 is 0 Å². The summed E-state index contributed by atoms with van der Waals surface area (Å²) in [6, 6.07) is 18.7. The Morgan fingerprint density at radius 1 is 1.12 bits per heavy atom. The van der Waals surface area contributed by atoms with Crippen molar-refractivity contribution in [1.82, 2.24) is 25.4 Å². The molecule has 1 unspecified atom stereocenters. The fourth-order valence-corrected chi connectivity index (χ4v) is 3.83. The summed E-state index contributed by atoms with van der Waals surface area (Å²) in [6.07, 6.45) is 1.98. The smallest absolute Gasteiger partial charge is 0.191 e. The summed E-state index contributed by atoms with van der Waals surface area (Å²) in [4.78, 5) is 7.02. The fourth-order valence-electron chi connectivity index (χ4n) is 3.83. The number of nitrogens with zero attached hydrogens (tertiary/aromatic N) is 5. The van der Waals surface area contributed by atoms with Crippen molar-refractivity contribution in [3.05, 3.63) is 71.8 Å². The number of benzene rings is 2. The number of hydrogen-bond donors (Lipinski definition) is 2. The number of guanidine groups is 1. The van der Waals surface area contributed by atoms with Crippen LogP contribution in [0.25, 0.3) is 0 Å². The molecule has 2 N–H and O–H groups in total. The van der Waals surface area contributed by atoms with Gasteiger partial charge >= 0.3 is 0 Å². The third kappa shape index (κ3) is 6.03. The summed E-state index contributed by atoms with van der Waals surface area (Å²) in [5.74, 6) is 3.46. The van der Waals surface area contributed by atoms with E-state index in [-0.39, 0.29) is 6.10 Å². The second-order valence-corrected chi connectivity index (χ2v) is 8.36. The Kier molecular flexibility index (Phi) is 7.44.